The van der Waals surface area contributed by atoms with Gasteiger partial charge in [-0.1, -0.05) is 43.5 Å². The van der Waals surface area contributed by atoms with Crippen LogP contribution in [0.1, 0.15) is 44.6 Å². The number of para-hydroxylation sites is 1. The number of urea groups is 1. The van der Waals surface area contributed by atoms with Crippen LogP contribution in [0.4, 0.5) is 16.2 Å². The molecule has 10 nitrogen and oxygen atoms in total. The second kappa shape index (κ2) is 10.5. The maximum absolute atomic E-state index is 13.3. The average Bonchev–Trinajstić information content (AvgIpc) is 2.95. The Balaban J connectivity index is 1.58. The van der Waals surface area contributed by atoms with Crippen molar-refractivity contribution in [2.75, 3.05) is 17.3 Å². The summed E-state index contributed by atoms with van der Waals surface area (Å²) in [5, 5.41) is 5.19. The highest BCUT2D eigenvalue weighted by Crippen LogP contribution is 2.33. The standard InChI is InChI=1S/C25H29N5O5S/c1-16(31)29-36(34,35)19-12-8-11-18(15-19)26-25(33)28-23-24(32)30(2)21-14-7-6-13-20(21)22(27-23)17-9-4-3-5-10-17/h6-8,11-15,17,23H,3-5,9-10H2,1-2H3,(H,29,31)(H2,26,28,33)/t23-/m0/s1. The molecule has 2 aromatic carbocycles. The van der Waals surface area contributed by atoms with Crippen molar-refractivity contribution < 1.29 is 22.8 Å². The number of carbonyl (C=O) groups excluding carboxylic acids is 3. The van der Waals surface area contributed by atoms with Crippen LogP contribution in [0, 0.1) is 5.92 Å². The average molecular weight is 512 g/mol. The fourth-order valence-electron chi connectivity index (χ4n) is 4.62. The summed E-state index contributed by atoms with van der Waals surface area (Å²) in [7, 11) is -2.41. The Morgan fingerprint density at radius 2 is 1.75 bits per heavy atom. The molecule has 0 aromatic heterocycles. The van der Waals surface area contributed by atoms with Gasteiger partial charge in [0.25, 0.3) is 15.9 Å². The number of benzene rings is 2. The SMILES string of the molecule is CC(=O)NS(=O)(=O)c1cccc(NC(=O)N[C@@H]2N=C(C3CCCCC3)c3ccccc3N(C)C2=O)c1. The number of rotatable bonds is 5. The number of nitrogens with zero attached hydrogens (tertiary/aromatic N) is 2. The molecule has 3 N–H and O–H groups in total. The van der Waals surface area contributed by atoms with Gasteiger partial charge in [-0.3, -0.25) is 14.6 Å². The summed E-state index contributed by atoms with van der Waals surface area (Å²) in [5.74, 6) is -0.914. The Hall–Kier alpha value is -3.73. The van der Waals surface area contributed by atoms with Crippen LogP contribution in [0.25, 0.3) is 0 Å². The maximum atomic E-state index is 13.3. The lowest BCUT2D eigenvalue weighted by atomic mass is 9.83. The van der Waals surface area contributed by atoms with Gasteiger partial charge in [0.05, 0.1) is 16.3 Å². The summed E-state index contributed by atoms with van der Waals surface area (Å²) in [6.07, 6.45) is 4.15. The topological polar surface area (TPSA) is 137 Å². The number of nitrogens with one attached hydrogen (secondary N) is 3. The maximum Gasteiger partial charge on any atom is 0.321 e. The Labute approximate surface area is 210 Å². The summed E-state index contributed by atoms with van der Waals surface area (Å²) < 4.78 is 26.4. The molecule has 0 saturated heterocycles. The summed E-state index contributed by atoms with van der Waals surface area (Å²) in [5.41, 5.74) is 2.62. The Bertz CT molecular complexity index is 1320. The summed E-state index contributed by atoms with van der Waals surface area (Å²) in [4.78, 5) is 43.4. The first-order chi connectivity index (χ1) is 17.2. The molecule has 0 unspecified atom stereocenters. The summed E-state index contributed by atoms with van der Waals surface area (Å²) in [6.45, 7) is 1.09. The zero-order chi connectivity index (χ0) is 25.9. The number of benzodiazepines with no additional fused rings is 1. The smallest absolute Gasteiger partial charge is 0.311 e. The first-order valence-electron chi connectivity index (χ1n) is 11.8. The quantitative estimate of drug-likeness (QED) is 0.567. The van der Waals surface area contributed by atoms with E-state index in [9.17, 15) is 22.8 Å². The highest BCUT2D eigenvalue weighted by atomic mass is 32.2. The van der Waals surface area contributed by atoms with Crippen molar-refractivity contribution in [2.24, 2.45) is 10.9 Å². The highest BCUT2D eigenvalue weighted by Gasteiger charge is 2.33. The fraction of sp³-hybridized carbons (Fsp3) is 0.360. The Morgan fingerprint density at radius 1 is 1.03 bits per heavy atom. The highest BCUT2D eigenvalue weighted by molar-refractivity contribution is 7.90. The molecule has 0 spiro atoms. The van der Waals surface area contributed by atoms with Gasteiger partial charge in [-0.25, -0.2) is 17.9 Å². The molecule has 1 fully saturated rings. The first-order valence-corrected chi connectivity index (χ1v) is 13.3. The minimum Gasteiger partial charge on any atom is -0.311 e. The third kappa shape index (κ3) is 5.56. The zero-order valence-electron chi connectivity index (χ0n) is 20.2. The van der Waals surface area contributed by atoms with E-state index in [1.165, 1.54) is 35.6 Å². The van der Waals surface area contributed by atoms with Crippen molar-refractivity contribution in [3.05, 3.63) is 54.1 Å². The largest absolute Gasteiger partial charge is 0.321 e. The van der Waals surface area contributed by atoms with Gasteiger partial charge in [0.2, 0.25) is 12.1 Å². The summed E-state index contributed by atoms with van der Waals surface area (Å²) in [6, 6.07) is 12.3. The molecule has 1 aliphatic heterocycles. The second-order valence-electron chi connectivity index (χ2n) is 8.95. The minimum absolute atomic E-state index is 0.174. The van der Waals surface area contributed by atoms with Crippen molar-refractivity contribution in [3.63, 3.8) is 0 Å². The number of fused-ring (bicyclic) bond motifs is 1. The molecule has 2 aliphatic rings. The number of anilines is 2. The van der Waals surface area contributed by atoms with Gasteiger partial charge in [-0.2, -0.15) is 0 Å². The number of likely N-dealkylation sites (N-methyl/N-ethyl adjacent to an activating group) is 1. The lowest BCUT2D eigenvalue weighted by molar-refractivity contribution is -0.120. The van der Waals surface area contributed by atoms with Gasteiger partial charge >= 0.3 is 6.03 Å². The van der Waals surface area contributed by atoms with Crippen LogP contribution in [0.15, 0.2) is 58.4 Å². The molecule has 190 valence electrons. The molecule has 0 radical (unpaired) electrons. The van der Waals surface area contributed by atoms with E-state index in [4.69, 9.17) is 4.99 Å². The van der Waals surface area contributed by atoms with Gasteiger partial charge in [-0.15, -0.1) is 0 Å². The third-order valence-corrected chi connectivity index (χ3v) is 7.74. The van der Waals surface area contributed by atoms with E-state index >= 15 is 0 Å². The van der Waals surface area contributed by atoms with Crippen LogP contribution in [-0.4, -0.2) is 45.2 Å². The fourth-order valence-corrected chi connectivity index (χ4v) is 5.66. The Kier molecular flexibility index (Phi) is 7.39. The molecule has 1 saturated carbocycles. The molecule has 36 heavy (non-hydrogen) atoms. The van der Waals surface area contributed by atoms with Crippen LogP contribution < -0.4 is 20.3 Å². The zero-order valence-corrected chi connectivity index (χ0v) is 21.0. The molecule has 1 atom stereocenters. The number of hydrogen-bond donors (Lipinski definition) is 3. The van der Waals surface area contributed by atoms with Gasteiger partial charge in [0.1, 0.15) is 0 Å². The van der Waals surface area contributed by atoms with Crippen molar-refractivity contribution in [1.29, 1.82) is 0 Å². The monoisotopic (exact) mass is 511 g/mol. The number of amides is 4. The number of carbonyl (C=O) groups is 3. The van der Waals surface area contributed by atoms with Crippen LogP contribution in [0.5, 0.6) is 0 Å². The predicted molar refractivity (Wildman–Crippen MR) is 136 cm³/mol. The molecule has 11 heteroatoms. The lowest BCUT2D eigenvalue weighted by Gasteiger charge is -2.25. The van der Waals surface area contributed by atoms with Crippen LogP contribution in [0.2, 0.25) is 0 Å². The van der Waals surface area contributed by atoms with E-state index in [0.717, 1.165) is 49.6 Å². The predicted octanol–water partition coefficient (Wildman–Crippen LogP) is 3.01. The van der Waals surface area contributed by atoms with Crippen molar-refractivity contribution in [1.82, 2.24) is 10.0 Å². The molecular weight excluding hydrogens is 482 g/mol. The molecule has 1 aliphatic carbocycles. The first kappa shape index (κ1) is 25.4. The van der Waals surface area contributed by atoms with Crippen LogP contribution >= 0.6 is 0 Å². The van der Waals surface area contributed by atoms with Gasteiger partial charge < -0.3 is 15.5 Å². The van der Waals surface area contributed by atoms with Crippen molar-refractivity contribution >= 4 is 45.0 Å². The van der Waals surface area contributed by atoms with E-state index in [1.54, 1.807) is 7.05 Å². The van der Waals surface area contributed by atoms with E-state index in [-0.39, 0.29) is 22.4 Å². The molecule has 0 bridgehead atoms. The van der Waals surface area contributed by atoms with E-state index in [0.29, 0.717) is 0 Å². The molecule has 1 heterocycles. The normalized spacial score (nSPS) is 18.5. The number of sulfonamides is 1. The Morgan fingerprint density at radius 3 is 2.47 bits per heavy atom. The van der Waals surface area contributed by atoms with E-state index in [2.05, 4.69) is 10.6 Å². The molecule has 4 amide bonds. The molecular formula is C25H29N5O5S. The van der Waals surface area contributed by atoms with Gasteiger partial charge in [-0.05, 0) is 37.1 Å². The van der Waals surface area contributed by atoms with Crippen molar-refractivity contribution in [3.8, 4) is 0 Å². The third-order valence-electron chi connectivity index (χ3n) is 6.31. The number of aliphatic imine (C=N–C) groups is 1. The minimum atomic E-state index is -4.07. The molecule has 4 rings (SSSR count). The van der Waals surface area contributed by atoms with Crippen LogP contribution in [0.3, 0.4) is 0 Å². The lowest BCUT2D eigenvalue weighted by Crippen LogP contribution is -2.47. The summed E-state index contributed by atoms with van der Waals surface area (Å²) >= 11 is 0. The van der Waals surface area contributed by atoms with Gasteiger partial charge in [0.15, 0.2) is 0 Å². The van der Waals surface area contributed by atoms with Crippen LogP contribution in [-0.2, 0) is 19.6 Å². The van der Waals surface area contributed by atoms with Crippen molar-refractivity contribution in [2.45, 2.75) is 50.1 Å². The second-order valence-corrected chi connectivity index (χ2v) is 10.6. The number of hydrogen-bond acceptors (Lipinski definition) is 6. The van der Waals surface area contributed by atoms with E-state index < -0.39 is 28.1 Å². The molecule has 2 aromatic rings. The van der Waals surface area contributed by atoms with Gasteiger partial charge in [0, 0.05) is 31.1 Å². The van der Waals surface area contributed by atoms with E-state index in [1.807, 2.05) is 29.0 Å².